The summed E-state index contributed by atoms with van der Waals surface area (Å²) in [7, 11) is 0. The summed E-state index contributed by atoms with van der Waals surface area (Å²) in [6, 6.07) is 17.5. The Morgan fingerprint density at radius 1 is 0.786 bits per heavy atom. The average Bonchev–Trinajstić information content (AvgIpc) is 2.72. The van der Waals surface area contributed by atoms with Gasteiger partial charge in [-0.15, -0.1) is 0 Å². The van der Waals surface area contributed by atoms with Gasteiger partial charge >= 0.3 is 0 Å². The molecule has 3 aromatic carbocycles. The molecule has 0 aromatic heterocycles. The zero-order chi connectivity index (χ0) is 19.9. The van der Waals surface area contributed by atoms with E-state index in [1.807, 2.05) is 30.3 Å². The second-order valence-electron chi connectivity index (χ2n) is 5.57. The van der Waals surface area contributed by atoms with Gasteiger partial charge < -0.3 is 9.47 Å². The van der Waals surface area contributed by atoms with Gasteiger partial charge in [-0.25, -0.2) is 13.2 Å². The van der Waals surface area contributed by atoms with E-state index < -0.39 is 29.0 Å². The number of anilines is 1. The molecule has 3 rings (SSSR count). The van der Waals surface area contributed by atoms with Crippen molar-refractivity contribution < 1.29 is 27.4 Å². The van der Waals surface area contributed by atoms with Gasteiger partial charge in [0, 0.05) is 0 Å². The van der Waals surface area contributed by atoms with Gasteiger partial charge in [0.15, 0.2) is 24.1 Å². The van der Waals surface area contributed by atoms with Gasteiger partial charge in [0.2, 0.25) is 0 Å². The summed E-state index contributed by atoms with van der Waals surface area (Å²) >= 11 is 0. The van der Waals surface area contributed by atoms with Crippen LogP contribution in [-0.4, -0.2) is 12.5 Å². The molecule has 0 aliphatic rings. The Morgan fingerprint density at radius 2 is 1.43 bits per heavy atom. The maximum absolute atomic E-state index is 13.5. The van der Waals surface area contributed by atoms with E-state index >= 15 is 0 Å². The first-order chi connectivity index (χ1) is 13.5. The van der Waals surface area contributed by atoms with Crippen molar-refractivity contribution in [2.45, 2.75) is 0 Å². The molecule has 1 amide bonds. The summed E-state index contributed by atoms with van der Waals surface area (Å²) in [4.78, 5) is 11.7. The first-order valence-corrected chi connectivity index (χ1v) is 8.17. The molecule has 3 aromatic rings. The number of amides is 1. The summed E-state index contributed by atoms with van der Waals surface area (Å²) in [6.07, 6.45) is 0. The largest absolute Gasteiger partial charge is 0.484 e. The number of carbonyl (C=O) groups is 1. The first kappa shape index (κ1) is 19.1. The second kappa shape index (κ2) is 8.81. The van der Waals surface area contributed by atoms with Gasteiger partial charge in [-0.1, -0.05) is 18.2 Å². The topological polar surface area (TPSA) is 59.6 Å². The molecule has 0 saturated heterocycles. The molecule has 0 atom stereocenters. The zero-order valence-electron chi connectivity index (χ0n) is 14.4. The minimum absolute atomic E-state index is 0.378. The molecule has 144 valence electrons. The van der Waals surface area contributed by atoms with Crippen molar-refractivity contribution in [3.05, 3.63) is 84.2 Å². The SMILES string of the molecule is O=C(COc1ccc(Oc2ccccc2)cc1)NNc1ccc(F)c(F)c1F. The molecule has 2 N–H and O–H groups in total. The van der Waals surface area contributed by atoms with E-state index in [0.717, 1.165) is 12.1 Å². The molecule has 8 heteroatoms. The molecular formula is C20H15F3N2O3. The minimum Gasteiger partial charge on any atom is -0.484 e. The fourth-order valence-corrected chi connectivity index (χ4v) is 2.17. The lowest BCUT2D eigenvalue weighted by atomic mass is 10.3. The standard InChI is InChI=1S/C20H15F3N2O3/c21-16-10-11-17(20(23)19(16)22)24-25-18(26)12-27-13-6-8-15(9-7-13)28-14-4-2-1-3-5-14/h1-11,24H,12H2,(H,25,26). The van der Waals surface area contributed by atoms with Crippen molar-refractivity contribution in [3.8, 4) is 17.2 Å². The van der Waals surface area contributed by atoms with E-state index in [9.17, 15) is 18.0 Å². The normalized spacial score (nSPS) is 10.2. The highest BCUT2D eigenvalue weighted by Gasteiger charge is 2.13. The van der Waals surface area contributed by atoms with E-state index in [1.165, 1.54) is 0 Å². The number of hydrazine groups is 1. The van der Waals surface area contributed by atoms with E-state index in [0.29, 0.717) is 17.2 Å². The zero-order valence-corrected chi connectivity index (χ0v) is 14.4. The van der Waals surface area contributed by atoms with Gasteiger partial charge in [-0.05, 0) is 48.5 Å². The Hall–Kier alpha value is -3.68. The fourth-order valence-electron chi connectivity index (χ4n) is 2.17. The van der Waals surface area contributed by atoms with Crippen molar-refractivity contribution in [2.75, 3.05) is 12.0 Å². The van der Waals surface area contributed by atoms with Crippen LogP contribution in [0.5, 0.6) is 17.2 Å². The Labute approximate surface area is 158 Å². The van der Waals surface area contributed by atoms with Gasteiger partial charge in [-0.3, -0.25) is 15.6 Å². The molecule has 0 radical (unpaired) electrons. The summed E-state index contributed by atoms with van der Waals surface area (Å²) < 4.78 is 50.4. The van der Waals surface area contributed by atoms with E-state index in [2.05, 4.69) is 10.9 Å². The molecule has 0 aliphatic carbocycles. The number of halogens is 3. The number of hydrogen-bond acceptors (Lipinski definition) is 4. The van der Waals surface area contributed by atoms with Gasteiger partial charge in [0.25, 0.3) is 5.91 Å². The quantitative estimate of drug-likeness (QED) is 0.465. The molecule has 0 saturated carbocycles. The summed E-state index contributed by atoms with van der Waals surface area (Å²) in [5.41, 5.74) is 3.90. The number of carbonyl (C=O) groups excluding carboxylic acids is 1. The predicted molar refractivity (Wildman–Crippen MR) is 96.5 cm³/mol. The van der Waals surface area contributed by atoms with Crippen LogP contribution in [0.3, 0.4) is 0 Å². The number of benzene rings is 3. The monoisotopic (exact) mass is 388 g/mol. The van der Waals surface area contributed by atoms with E-state index in [-0.39, 0.29) is 6.61 Å². The van der Waals surface area contributed by atoms with Crippen LogP contribution >= 0.6 is 0 Å². The summed E-state index contributed by atoms with van der Waals surface area (Å²) in [6.45, 7) is -0.378. The van der Waals surface area contributed by atoms with Crippen LogP contribution in [0.1, 0.15) is 0 Å². The molecule has 0 heterocycles. The number of rotatable bonds is 7. The van der Waals surface area contributed by atoms with Crippen molar-refractivity contribution >= 4 is 11.6 Å². The molecule has 0 fully saturated rings. The first-order valence-electron chi connectivity index (χ1n) is 8.17. The lowest BCUT2D eigenvalue weighted by molar-refractivity contribution is -0.122. The molecule has 0 spiro atoms. The van der Waals surface area contributed by atoms with Gasteiger partial charge in [-0.2, -0.15) is 0 Å². The third kappa shape index (κ3) is 4.94. The van der Waals surface area contributed by atoms with Crippen LogP contribution in [-0.2, 0) is 4.79 Å². The maximum Gasteiger partial charge on any atom is 0.276 e. The van der Waals surface area contributed by atoms with Gasteiger partial charge in [0.05, 0.1) is 5.69 Å². The Morgan fingerprint density at radius 3 is 2.14 bits per heavy atom. The number of hydrogen-bond donors (Lipinski definition) is 2. The molecule has 28 heavy (non-hydrogen) atoms. The lowest BCUT2D eigenvalue weighted by Crippen LogP contribution is -2.34. The van der Waals surface area contributed by atoms with Crippen molar-refractivity contribution in [2.24, 2.45) is 0 Å². The smallest absolute Gasteiger partial charge is 0.276 e. The Bertz CT molecular complexity index is 951. The van der Waals surface area contributed by atoms with Crippen molar-refractivity contribution in [1.29, 1.82) is 0 Å². The van der Waals surface area contributed by atoms with Crippen LogP contribution in [0.15, 0.2) is 66.7 Å². The van der Waals surface area contributed by atoms with Crippen molar-refractivity contribution in [1.82, 2.24) is 5.43 Å². The number of para-hydroxylation sites is 1. The summed E-state index contributed by atoms with van der Waals surface area (Å²) in [5, 5.41) is 0. The molecule has 5 nitrogen and oxygen atoms in total. The Kier molecular flexibility index (Phi) is 6.01. The molecular weight excluding hydrogens is 373 g/mol. The van der Waals surface area contributed by atoms with Crippen molar-refractivity contribution in [3.63, 3.8) is 0 Å². The number of ether oxygens (including phenoxy) is 2. The third-order valence-electron chi connectivity index (χ3n) is 3.54. The van der Waals surface area contributed by atoms with Gasteiger partial charge in [0.1, 0.15) is 17.2 Å². The van der Waals surface area contributed by atoms with E-state index in [4.69, 9.17) is 9.47 Å². The molecule has 0 bridgehead atoms. The Balaban J connectivity index is 1.47. The van der Waals surface area contributed by atoms with Crippen LogP contribution in [0.2, 0.25) is 0 Å². The predicted octanol–water partition coefficient (Wildman–Crippen LogP) is 4.42. The van der Waals surface area contributed by atoms with Crippen LogP contribution in [0, 0.1) is 17.5 Å². The molecule has 0 unspecified atom stereocenters. The highest BCUT2D eigenvalue weighted by molar-refractivity contribution is 5.78. The van der Waals surface area contributed by atoms with Crippen LogP contribution in [0.25, 0.3) is 0 Å². The number of nitrogens with one attached hydrogen (secondary N) is 2. The maximum atomic E-state index is 13.5. The highest BCUT2D eigenvalue weighted by Crippen LogP contribution is 2.23. The highest BCUT2D eigenvalue weighted by atomic mass is 19.2. The van der Waals surface area contributed by atoms with E-state index in [1.54, 1.807) is 24.3 Å². The third-order valence-corrected chi connectivity index (χ3v) is 3.54. The molecule has 0 aliphatic heterocycles. The van der Waals surface area contributed by atoms with Crippen LogP contribution in [0.4, 0.5) is 18.9 Å². The second-order valence-corrected chi connectivity index (χ2v) is 5.57. The average molecular weight is 388 g/mol. The summed E-state index contributed by atoms with van der Waals surface area (Å²) in [5.74, 6) is -3.34. The minimum atomic E-state index is -1.63. The lowest BCUT2D eigenvalue weighted by Gasteiger charge is -2.11. The van der Waals surface area contributed by atoms with Crippen LogP contribution < -0.4 is 20.3 Å². The fraction of sp³-hybridized carbons (Fsp3) is 0.0500.